The molecule has 1 saturated carbocycles. The van der Waals surface area contributed by atoms with E-state index in [1.807, 2.05) is 31.3 Å². The molecule has 0 bridgehead atoms. The average molecular weight is 521 g/mol. The van der Waals surface area contributed by atoms with Crippen molar-refractivity contribution < 1.29 is 28.3 Å². The highest BCUT2D eigenvalue weighted by atomic mass is 16.6. The number of carbonyl (C=O) groups excluding carboxylic acids is 3. The van der Waals surface area contributed by atoms with Crippen LogP contribution in [0.25, 0.3) is 6.08 Å². The number of likely N-dealkylation sites (N-methyl/N-ethyl adjacent to an activating group) is 1. The second-order valence-electron chi connectivity index (χ2n) is 10.3. The highest BCUT2D eigenvalue weighted by molar-refractivity contribution is 5.91. The molecule has 8 nitrogen and oxygen atoms in total. The molecule has 8 heteroatoms. The van der Waals surface area contributed by atoms with Gasteiger partial charge in [0.2, 0.25) is 5.91 Å². The van der Waals surface area contributed by atoms with E-state index < -0.39 is 17.0 Å². The maximum absolute atomic E-state index is 13.2. The molecule has 0 spiro atoms. The molecule has 1 aromatic carbocycles. The van der Waals surface area contributed by atoms with Gasteiger partial charge in [-0.25, -0.2) is 0 Å². The van der Waals surface area contributed by atoms with Gasteiger partial charge >= 0.3 is 11.9 Å². The van der Waals surface area contributed by atoms with Crippen molar-refractivity contribution in [2.45, 2.75) is 56.6 Å². The summed E-state index contributed by atoms with van der Waals surface area (Å²) in [5.74, 6) is -0.395. The maximum atomic E-state index is 13.2. The molecule has 2 aromatic rings. The minimum atomic E-state index is -0.804. The van der Waals surface area contributed by atoms with E-state index in [1.54, 1.807) is 41.7 Å². The summed E-state index contributed by atoms with van der Waals surface area (Å²) in [6.07, 6.45) is 10.9. The fourth-order valence-corrected chi connectivity index (χ4v) is 6.19. The van der Waals surface area contributed by atoms with Crippen LogP contribution in [0.3, 0.4) is 0 Å². The lowest BCUT2D eigenvalue weighted by molar-refractivity contribution is -0.189. The van der Waals surface area contributed by atoms with E-state index in [2.05, 4.69) is 11.5 Å². The summed E-state index contributed by atoms with van der Waals surface area (Å²) < 4.78 is 16.8. The summed E-state index contributed by atoms with van der Waals surface area (Å²) in [4.78, 5) is 41.4. The van der Waals surface area contributed by atoms with E-state index >= 15 is 0 Å². The Balaban J connectivity index is 1.73. The molecule has 1 aromatic heterocycles. The van der Waals surface area contributed by atoms with Gasteiger partial charge in [0.15, 0.2) is 0 Å². The third-order valence-electron chi connectivity index (χ3n) is 7.90. The molecule has 0 unspecified atom stereocenters. The summed E-state index contributed by atoms with van der Waals surface area (Å²) in [5.41, 5.74) is 0.369. The van der Waals surface area contributed by atoms with Crippen molar-refractivity contribution in [1.29, 1.82) is 0 Å². The number of hydrogen-bond donors (Lipinski definition) is 0. The SMILES string of the molecule is C=CCN1CC[C@@]2(c3cccc(OC(C)=O)c3)C[C@@H](N(C)C(=O)/C=C/c3ccoc3)CC[C@]2(OC(C)=O)C1. The monoisotopic (exact) mass is 520 g/mol. The summed E-state index contributed by atoms with van der Waals surface area (Å²) >= 11 is 0. The number of ether oxygens (including phenoxy) is 2. The van der Waals surface area contributed by atoms with Gasteiger partial charge in [-0.05, 0) is 62.1 Å². The van der Waals surface area contributed by atoms with Gasteiger partial charge in [0, 0.05) is 57.1 Å². The number of fused-ring (bicyclic) bond motifs is 1. The van der Waals surface area contributed by atoms with Gasteiger partial charge in [0.25, 0.3) is 0 Å². The van der Waals surface area contributed by atoms with Gasteiger partial charge in [-0.1, -0.05) is 18.2 Å². The number of benzene rings is 1. The molecular weight excluding hydrogens is 484 g/mol. The number of hydrogen-bond acceptors (Lipinski definition) is 7. The van der Waals surface area contributed by atoms with Crippen LogP contribution in [0, 0.1) is 0 Å². The van der Waals surface area contributed by atoms with Gasteiger partial charge in [-0.15, -0.1) is 6.58 Å². The van der Waals surface area contributed by atoms with Crippen molar-refractivity contribution in [3.63, 3.8) is 0 Å². The molecule has 3 atom stereocenters. The number of furan rings is 1. The smallest absolute Gasteiger partial charge is 0.308 e. The van der Waals surface area contributed by atoms with E-state index in [-0.39, 0.29) is 17.9 Å². The van der Waals surface area contributed by atoms with Crippen LogP contribution in [-0.4, -0.2) is 66.0 Å². The normalized spacial score (nSPS) is 25.4. The number of esters is 2. The molecular formula is C30H36N2O6. The highest BCUT2D eigenvalue weighted by Gasteiger charge is 2.61. The largest absolute Gasteiger partial charge is 0.472 e. The fourth-order valence-electron chi connectivity index (χ4n) is 6.19. The summed E-state index contributed by atoms with van der Waals surface area (Å²) in [6, 6.07) is 9.22. The lowest BCUT2D eigenvalue weighted by atomic mass is 9.55. The van der Waals surface area contributed by atoms with Gasteiger partial charge < -0.3 is 18.8 Å². The highest BCUT2D eigenvalue weighted by Crippen LogP contribution is 2.54. The average Bonchev–Trinajstić information content (AvgIpc) is 3.40. The zero-order valence-corrected chi connectivity index (χ0v) is 22.4. The summed E-state index contributed by atoms with van der Waals surface area (Å²) in [5, 5.41) is 0. The Morgan fingerprint density at radius 2 is 2.03 bits per heavy atom. The minimum absolute atomic E-state index is 0.0801. The van der Waals surface area contributed by atoms with Crippen molar-refractivity contribution in [2.24, 2.45) is 0 Å². The molecule has 1 aliphatic heterocycles. The molecule has 0 radical (unpaired) electrons. The molecule has 1 aliphatic carbocycles. The van der Waals surface area contributed by atoms with E-state index in [1.165, 1.54) is 13.8 Å². The van der Waals surface area contributed by atoms with E-state index in [9.17, 15) is 14.4 Å². The zero-order chi connectivity index (χ0) is 27.3. The van der Waals surface area contributed by atoms with Crippen LogP contribution in [0.15, 0.2) is 66.0 Å². The van der Waals surface area contributed by atoms with Crippen LogP contribution >= 0.6 is 0 Å². The Kier molecular flexibility index (Phi) is 8.21. The molecule has 2 fully saturated rings. The lowest BCUT2D eigenvalue weighted by Gasteiger charge is -2.60. The molecule has 202 valence electrons. The molecule has 4 rings (SSSR count). The van der Waals surface area contributed by atoms with Gasteiger partial charge in [-0.3, -0.25) is 19.3 Å². The van der Waals surface area contributed by atoms with Crippen LogP contribution in [0.1, 0.15) is 50.7 Å². The topological polar surface area (TPSA) is 89.3 Å². The minimum Gasteiger partial charge on any atom is -0.472 e. The number of nitrogens with zero attached hydrogens (tertiary/aromatic N) is 2. The first-order valence-corrected chi connectivity index (χ1v) is 13.0. The Bertz CT molecular complexity index is 1210. The van der Waals surface area contributed by atoms with Crippen LogP contribution in [-0.2, 0) is 24.5 Å². The third-order valence-corrected chi connectivity index (χ3v) is 7.90. The fraction of sp³-hybridized carbons (Fsp3) is 0.433. The van der Waals surface area contributed by atoms with Crippen LogP contribution in [0.2, 0.25) is 0 Å². The Morgan fingerprint density at radius 1 is 1.21 bits per heavy atom. The number of likely N-dealkylation sites (tertiary alicyclic amines) is 1. The van der Waals surface area contributed by atoms with Crippen LogP contribution in [0.5, 0.6) is 5.75 Å². The second kappa shape index (κ2) is 11.4. The number of rotatable bonds is 8. The van der Waals surface area contributed by atoms with Crippen molar-refractivity contribution in [1.82, 2.24) is 9.80 Å². The first-order valence-electron chi connectivity index (χ1n) is 13.0. The lowest BCUT2D eigenvalue weighted by Crippen LogP contribution is -2.68. The Morgan fingerprint density at radius 3 is 2.71 bits per heavy atom. The first-order chi connectivity index (χ1) is 18.2. The van der Waals surface area contributed by atoms with Crippen molar-refractivity contribution in [2.75, 3.05) is 26.7 Å². The molecule has 38 heavy (non-hydrogen) atoms. The Labute approximate surface area is 223 Å². The number of amides is 1. The van der Waals surface area contributed by atoms with Crippen molar-refractivity contribution in [3.05, 3.63) is 72.7 Å². The quantitative estimate of drug-likeness (QED) is 0.221. The second-order valence-corrected chi connectivity index (χ2v) is 10.3. The first kappa shape index (κ1) is 27.4. The molecule has 2 aliphatic rings. The van der Waals surface area contributed by atoms with E-state index in [4.69, 9.17) is 13.9 Å². The van der Waals surface area contributed by atoms with E-state index in [0.29, 0.717) is 44.5 Å². The van der Waals surface area contributed by atoms with Gasteiger partial charge in [0.05, 0.1) is 12.5 Å². The molecule has 1 amide bonds. The molecule has 1 saturated heterocycles. The third kappa shape index (κ3) is 5.60. The number of carbonyl (C=O) groups is 3. The predicted octanol–water partition coefficient (Wildman–Crippen LogP) is 4.36. The van der Waals surface area contributed by atoms with Crippen LogP contribution in [0.4, 0.5) is 0 Å². The standard InChI is InChI=1S/C30H36N2O6/c1-5-15-32-16-14-29(25-7-6-8-27(18-25)37-22(2)33)19-26(11-13-30(29,21-32)38-23(3)34)31(4)28(35)10-9-24-12-17-36-20-24/h5-10,12,17-18,20,26H,1,11,13-16,19,21H2,2-4H3/b10-9+/t26-,29-,30-/m0/s1. The van der Waals surface area contributed by atoms with Gasteiger partial charge in [0.1, 0.15) is 11.4 Å². The molecule has 0 N–H and O–H groups in total. The summed E-state index contributed by atoms with van der Waals surface area (Å²) in [6.45, 7) is 8.73. The number of piperidine rings is 1. The zero-order valence-electron chi connectivity index (χ0n) is 22.4. The van der Waals surface area contributed by atoms with Crippen LogP contribution < -0.4 is 4.74 Å². The summed E-state index contributed by atoms with van der Waals surface area (Å²) in [7, 11) is 1.82. The van der Waals surface area contributed by atoms with Crippen molar-refractivity contribution in [3.8, 4) is 5.75 Å². The predicted molar refractivity (Wildman–Crippen MR) is 143 cm³/mol. The maximum Gasteiger partial charge on any atom is 0.308 e. The van der Waals surface area contributed by atoms with Gasteiger partial charge in [-0.2, -0.15) is 0 Å². The molecule has 2 heterocycles. The Hall–Kier alpha value is -3.65. The van der Waals surface area contributed by atoms with E-state index in [0.717, 1.165) is 17.7 Å². The van der Waals surface area contributed by atoms with Crippen molar-refractivity contribution >= 4 is 23.9 Å².